The van der Waals surface area contributed by atoms with Crippen LogP contribution in [0.3, 0.4) is 0 Å². The third kappa shape index (κ3) is 2.99. The highest BCUT2D eigenvalue weighted by atomic mass is 32.2. The fourth-order valence-corrected chi connectivity index (χ4v) is 11.5. The summed E-state index contributed by atoms with van der Waals surface area (Å²) in [7, 11) is 0. The summed E-state index contributed by atoms with van der Waals surface area (Å²) in [6.07, 6.45) is 2.10. The van der Waals surface area contributed by atoms with Crippen molar-refractivity contribution in [2.24, 2.45) is 23.7 Å². The van der Waals surface area contributed by atoms with Gasteiger partial charge in [-0.15, -0.1) is 23.5 Å². The van der Waals surface area contributed by atoms with Gasteiger partial charge >= 0.3 is 23.8 Å². The largest absolute Gasteiger partial charge is 0.455 e. The Morgan fingerprint density at radius 3 is 2.47 bits per heavy atom. The van der Waals surface area contributed by atoms with Crippen LogP contribution in [0.15, 0.2) is 0 Å². The van der Waals surface area contributed by atoms with Gasteiger partial charge in [0.15, 0.2) is 0 Å². The lowest BCUT2D eigenvalue weighted by Gasteiger charge is -2.63. The van der Waals surface area contributed by atoms with Gasteiger partial charge in [0.1, 0.15) is 23.1 Å². The summed E-state index contributed by atoms with van der Waals surface area (Å²) in [4.78, 5) is 35.9. The van der Waals surface area contributed by atoms with Gasteiger partial charge in [0.05, 0.1) is 9.33 Å². The minimum absolute atomic E-state index is 0.117. The molecule has 7 atom stereocenters. The van der Waals surface area contributed by atoms with Gasteiger partial charge in [0.25, 0.3) is 6.29 Å². The number of esters is 3. The summed E-state index contributed by atoms with van der Waals surface area (Å²) in [5, 5.41) is -0.117. The maximum absolute atomic E-state index is 13.5. The summed E-state index contributed by atoms with van der Waals surface area (Å²) in [5.74, 6) is -5.63. The third-order valence-electron chi connectivity index (χ3n) is 7.88. The van der Waals surface area contributed by atoms with Crippen LogP contribution >= 0.6 is 23.5 Å². The molecule has 4 aliphatic carbocycles. The third-order valence-corrected chi connectivity index (χ3v) is 12.2. The zero-order valence-corrected chi connectivity index (χ0v) is 19.2. The average Bonchev–Trinajstić information content (AvgIpc) is 3.27. The van der Waals surface area contributed by atoms with Gasteiger partial charge in [-0.05, 0) is 49.9 Å². The van der Waals surface area contributed by atoms with E-state index in [9.17, 15) is 23.2 Å². The molecule has 7 rings (SSSR count). The molecule has 0 radical (unpaired) electrons. The van der Waals surface area contributed by atoms with E-state index in [0.29, 0.717) is 32.1 Å². The summed E-state index contributed by atoms with van der Waals surface area (Å²) in [6, 6.07) is 0. The number of carbonyl (C=O) groups is 3. The lowest BCUT2D eigenvalue weighted by atomic mass is 9.53. The molecule has 4 saturated carbocycles. The second-order valence-electron chi connectivity index (χ2n) is 10.1. The van der Waals surface area contributed by atoms with Crippen molar-refractivity contribution < 1.29 is 42.1 Å². The van der Waals surface area contributed by atoms with E-state index in [1.807, 2.05) is 0 Å². The van der Waals surface area contributed by atoms with E-state index in [1.54, 1.807) is 23.5 Å². The summed E-state index contributed by atoms with van der Waals surface area (Å²) in [6.45, 7) is 1.85. The molecule has 32 heavy (non-hydrogen) atoms. The molecule has 7 nitrogen and oxygen atoms in total. The fraction of sp³-hybridized carbons (Fsp3) is 0.857. The van der Waals surface area contributed by atoms with Crippen LogP contribution in [0.5, 0.6) is 0 Å². The number of ether oxygens (including phenoxy) is 4. The average molecular weight is 491 g/mol. The topological polar surface area (TPSA) is 88.1 Å². The van der Waals surface area contributed by atoms with Gasteiger partial charge in [-0.25, -0.2) is 4.79 Å². The molecule has 1 spiro atoms. The van der Waals surface area contributed by atoms with E-state index >= 15 is 0 Å². The van der Waals surface area contributed by atoms with Crippen molar-refractivity contribution in [3.63, 3.8) is 0 Å². The predicted octanol–water partition coefficient (Wildman–Crippen LogP) is 3.10. The second-order valence-corrected chi connectivity index (χ2v) is 13.2. The van der Waals surface area contributed by atoms with Crippen molar-refractivity contribution in [3.8, 4) is 0 Å². The van der Waals surface area contributed by atoms with Gasteiger partial charge in [-0.1, -0.05) is 0 Å². The molecule has 7 fully saturated rings. The first kappa shape index (κ1) is 21.5. The Morgan fingerprint density at radius 2 is 1.84 bits per heavy atom. The molecule has 0 aromatic heterocycles. The first-order valence-corrected chi connectivity index (χ1v) is 12.8. The van der Waals surface area contributed by atoms with E-state index in [4.69, 9.17) is 18.9 Å². The Bertz CT molecular complexity index is 876. The van der Waals surface area contributed by atoms with Crippen molar-refractivity contribution in [3.05, 3.63) is 0 Å². The summed E-state index contributed by atoms with van der Waals surface area (Å²) in [5.41, 5.74) is -1.04. The number of fused-ring (bicyclic) bond motifs is 3. The van der Waals surface area contributed by atoms with E-state index < -0.39 is 47.7 Å². The maximum atomic E-state index is 13.5. The lowest BCUT2D eigenvalue weighted by molar-refractivity contribution is -0.208. The Balaban J connectivity index is 1.22. The summed E-state index contributed by atoms with van der Waals surface area (Å²) >= 11 is 3.48. The highest BCUT2D eigenvalue weighted by Crippen LogP contribution is 2.75. The number of hydrogen-bond donors (Lipinski definition) is 0. The lowest BCUT2D eigenvalue weighted by Crippen LogP contribution is -2.62. The van der Waals surface area contributed by atoms with Crippen LogP contribution in [0.25, 0.3) is 0 Å². The minimum atomic E-state index is -3.50. The van der Waals surface area contributed by atoms with Crippen LogP contribution in [0, 0.1) is 23.7 Å². The number of carbonyl (C=O) groups excluding carboxylic acids is 3. The molecule has 0 aromatic carbocycles. The van der Waals surface area contributed by atoms with Crippen LogP contribution in [0.2, 0.25) is 0 Å². The van der Waals surface area contributed by atoms with Gasteiger partial charge in [0.2, 0.25) is 0 Å². The van der Waals surface area contributed by atoms with Crippen molar-refractivity contribution in [1.29, 1.82) is 0 Å². The molecular weight excluding hydrogens is 466 g/mol. The van der Waals surface area contributed by atoms with Crippen molar-refractivity contribution in [1.82, 2.24) is 0 Å². The van der Waals surface area contributed by atoms with E-state index in [0.717, 1.165) is 12.8 Å². The number of cyclic esters (lactones) is 1. The van der Waals surface area contributed by atoms with Crippen LogP contribution in [0.1, 0.15) is 46.0 Å². The van der Waals surface area contributed by atoms with Crippen molar-refractivity contribution >= 4 is 41.4 Å². The van der Waals surface area contributed by atoms with Crippen molar-refractivity contribution in [2.75, 3.05) is 0 Å². The molecule has 3 aliphatic heterocycles. The number of alkyl halides is 2. The zero-order valence-electron chi connectivity index (χ0n) is 17.6. The molecule has 3 saturated heterocycles. The van der Waals surface area contributed by atoms with Gasteiger partial charge in [-0.3, -0.25) is 9.59 Å². The van der Waals surface area contributed by atoms with Crippen molar-refractivity contribution in [2.45, 2.75) is 84.6 Å². The maximum Gasteiger partial charge on any atom is 0.377 e. The Kier molecular flexibility index (Phi) is 4.53. The molecule has 3 heterocycles. The molecular formula is C21H24F2O7S2. The monoisotopic (exact) mass is 490 g/mol. The van der Waals surface area contributed by atoms with Gasteiger partial charge in [0, 0.05) is 13.8 Å². The molecule has 176 valence electrons. The first-order valence-electron chi connectivity index (χ1n) is 11.0. The molecule has 0 amide bonds. The number of hydrogen-bond acceptors (Lipinski definition) is 9. The normalized spacial score (nSPS) is 50.3. The van der Waals surface area contributed by atoms with Crippen LogP contribution in [-0.2, 0) is 33.3 Å². The van der Waals surface area contributed by atoms with E-state index in [1.165, 1.54) is 6.92 Å². The van der Waals surface area contributed by atoms with E-state index in [2.05, 4.69) is 0 Å². The molecule has 0 N–H and O–H groups in total. The number of halogens is 2. The summed E-state index contributed by atoms with van der Waals surface area (Å²) < 4.78 is 49.0. The Morgan fingerprint density at radius 1 is 1.16 bits per heavy atom. The minimum Gasteiger partial charge on any atom is -0.455 e. The highest BCUT2D eigenvalue weighted by molar-refractivity contribution is 8.22. The van der Waals surface area contributed by atoms with Gasteiger partial charge < -0.3 is 18.9 Å². The van der Waals surface area contributed by atoms with Crippen LogP contribution < -0.4 is 0 Å². The second kappa shape index (κ2) is 6.75. The molecule has 11 heteroatoms. The molecule has 7 unspecified atom stereocenters. The quantitative estimate of drug-likeness (QED) is 0.554. The Hall–Kier alpha value is -1.07. The number of thioether (sulfide) groups is 2. The Labute approximate surface area is 192 Å². The molecule has 7 aliphatic rings. The van der Waals surface area contributed by atoms with Crippen LogP contribution in [0.4, 0.5) is 8.78 Å². The smallest absolute Gasteiger partial charge is 0.377 e. The first-order chi connectivity index (χ1) is 15.0. The van der Waals surface area contributed by atoms with Crippen LogP contribution in [-0.4, -0.2) is 56.6 Å². The molecule has 4 bridgehead atoms. The fourth-order valence-electron chi connectivity index (χ4n) is 6.99. The molecule has 0 aromatic rings. The SMILES string of the molecule is CC(=O)OC1OC(=O)C2C1OC1SC3(SC12)C1CC2CC3CC(OC(=O)C(C)(F)F)(C2)C1. The highest BCUT2D eigenvalue weighted by Gasteiger charge is 2.72. The van der Waals surface area contributed by atoms with E-state index in [-0.39, 0.29) is 26.6 Å². The zero-order chi connectivity index (χ0) is 22.6. The number of rotatable bonds is 3. The predicted molar refractivity (Wildman–Crippen MR) is 108 cm³/mol. The van der Waals surface area contributed by atoms with Gasteiger partial charge in [-0.2, -0.15) is 8.78 Å². The standard InChI is InChI=1S/C21H24F2O7S2/c1-8(24)27-16-13-12(15(25)29-16)14-17(28-13)32-21(31-14)10-3-9-4-11(21)7-20(5-9,6-10)30-18(26)19(2,22)23/h9-14,16-17H,3-7H2,1-2H3.